The maximum atomic E-state index is 4.24. The van der Waals surface area contributed by atoms with E-state index in [1.807, 2.05) is 6.07 Å². The van der Waals surface area contributed by atoms with Crippen LogP contribution in [0.5, 0.6) is 0 Å². The SMILES string of the molecule is C1=Nc2c3c(ccc2=N1)=CCCNN3. The van der Waals surface area contributed by atoms with Crippen LogP contribution < -0.4 is 21.4 Å². The van der Waals surface area contributed by atoms with Gasteiger partial charge in [0.2, 0.25) is 0 Å². The number of aliphatic imine (C=N–C) groups is 1. The number of benzene rings is 1. The van der Waals surface area contributed by atoms with Crippen molar-refractivity contribution in [1.29, 1.82) is 0 Å². The van der Waals surface area contributed by atoms with Crippen LogP contribution in [0.4, 0.5) is 11.4 Å². The molecule has 0 spiro atoms. The minimum atomic E-state index is 0.935. The van der Waals surface area contributed by atoms with Crippen molar-refractivity contribution in [2.45, 2.75) is 6.42 Å². The van der Waals surface area contributed by atoms with Gasteiger partial charge in [-0.1, -0.05) is 12.1 Å². The molecule has 0 aliphatic carbocycles. The Kier molecular flexibility index (Phi) is 1.61. The zero-order valence-corrected chi connectivity index (χ0v) is 7.62. The standard InChI is InChI=1S/C10H10N4/c1-2-7-3-4-8-10(12-6-11-8)9(7)14-13-5-1/h2-4,6,13-14H,1,5H2. The lowest BCUT2D eigenvalue weighted by Crippen LogP contribution is -2.24. The molecular formula is C10H10N4. The van der Waals surface area contributed by atoms with Crippen molar-refractivity contribution in [3.63, 3.8) is 0 Å². The predicted molar refractivity (Wildman–Crippen MR) is 56.1 cm³/mol. The van der Waals surface area contributed by atoms with E-state index >= 15 is 0 Å². The molecule has 2 heterocycles. The molecule has 0 aromatic heterocycles. The summed E-state index contributed by atoms with van der Waals surface area (Å²) in [6.07, 6.45) is 4.83. The zero-order valence-electron chi connectivity index (χ0n) is 7.62. The van der Waals surface area contributed by atoms with Gasteiger partial charge in [0.15, 0.2) is 0 Å². The fraction of sp³-hybridized carbons (Fsp3) is 0.200. The van der Waals surface area contributed by atoms with Gasteiger partial charge in [0.1, 0.15) is 12.0 Å². The monoisotopic (exact) mass is 186 g/mol. The second kappa shape index (κ2) is 2.92. The summed E-state index contributed by atoms with van der Waals surface area (Å²) in [5, 5.41) is 2.14. The molecular weight excluding hydrogens is 176 g/mol. The molecule has 0 atom stereocenters. The summed E-state index contributed by atoms with van der Waals surface area (Å²) in [6.45, 7) is 0.935. The molecule has 0 fully saturated rings. The normalized spacial score (nSPS) is 17.1. The first-order valence-corrected chi connectivity index (χ1v) is 4.67. The number of hydrogen-bond acceptors (Lipinski definition) is 4. The Balaban J connectivity index is 2.34. The minimum Gasteiger partial charge on any atom is -0.319 e. The molecule has 1 aromatic carbocycles. The summed E-state index contributed by atoms with van der Waals surface area (Å²) < 4.78 is 0. The molecule has 0 bridgehead atoms. The maximum absolute atomic E-state index is 4.24. The topological polar surface area (TPSA) is 48.8 Å². The fourth-order valence-electron chi connectivity index (χ4n) is 1.73. The van der Waals surface area contributed by atoms with E-state index in [4.69, 9.17) is 0 Å². The van der Waals surface area contributed by atoms with E-state index in [0.29, 0.717) is 0 Å². The van der Waals surface area contributed by atoms with Gasteiger partial charge in [0, 0.05) is 6.54 Å². The molecule has 0 radical (unpaired) electrons. The summed E-state index contributed by atoms with van der Waals surface area (Å²) in [4.78, 5) is 8.40. The molecule has 2 aliphatic rings. The predicted octanol–water partition coefficient (Wildman–Crippen LogP) is 0.0803. The number of anilines is 1. The van der Waals surface area contributed by atoms with Gasteiger partial charge < -0.3 is 5.43 Å². The van der Waals surface area contributed by atoms with Gasteiger partial charge in [-0.2, -0.15) is 0 Å². The summed E-state index contributed by atoms with van der Waals surface area (Å²) in [7, 11) is 0. The quantitative estimate of drug-likeness (QED) is 0.603. The van der Waals surface area contributed by atoms with Crippen LogP contribution in [0.25, 0.3) is 6.08 Å². The van der Waals surface area contributed by atoms with Crippen LogP contribution >= 0.6 is 0 Å². The lowest BCUT2D eigenvalue weighted by molar-refractivity contribution is 0.815. The number of nitrogens with one attached hydrogen (secondary N) is 2. The maximum Gasteiger partial charge on any atom is 0.117 e. The van der Waals surface area contributed by atoms with Gasteiger partial charge in [0.25, 0.3) is 0 Å². The van der Waals surface area contributed by atoms with Crippen molar-refractivity contribution in [3.05, 3.63) is 22.7 Å². The Morgan fingerprint density at radius 2 is 2.29 bits per heavy atom. The van der Waals surface area contributed by atoms with E-state index in [-0.39, 0.29) is 0 Å². The number of fused-ring (bicyclic) bond motifs is 3. The molecule has 2 aliphatic heterocycles. The summed E-state index contributed by atoms with van der Waals surface area (Å²) in [5.41, 5.74) is 8.28. The average Bonchev–Trinajstić information content (AvgIpc) is 2.55. The van der Waals surface area contributed by atoms with Gasteiger partial charge in [-0.3, -0.25) is 0 Å². The Hall–Kier alpha value is -1.68. The Morgan fingerprint density at radius 1 is 1.29 bits per heavy atom. The molecule has 14 heavy (non-hydrogen) atoms. The van der Waals surface area contributed by atoms with E-state index in [9.17, 15) is 0 Å². The summed E-state index contributed by atoms with van der Waals surface area (Å²) in [6, 6.07) is 4.08. The second-order valence-electron chi connectivity index (χ2n) is 3.32. The van der Waals surface area contributed by atoms with Crippen LogP contribution in [0.15, 0.2) is 22.1 Å². The van der Waals surface area contributed by atoms with E-state index in [1.165, 1.54) is 5.22 Å². The highest BCUT2D eigenvalue weighted by atomic mass is 15.4. The van der Waals surface area contributed by atoms with Crippen molar-refractivity contribution in [2.24, 2.45) is 9.98 Å². The van der Waals surface area contributed by atoms with Crippen molar-refractivity contribution in [1.82, 2.24) is 5.43 Å². The van der Waals surface area contributed by atoms with Crippen molar-refractivity contribution >= 4 is 23.8 Å². The zero-order chi connectivity index (χ0) is 9.38. The molecule has 0 saturated carbocycles. The first-order chi connectivity index (χ1) is 6.95. The van der Waals surface area contributed by atoms with Gasteiger partial charge in [-0.25, -0.2) is 15.4 Å². The van der Waals surface area contributed by atoms with E-state index in [0.717, 1.165) is 29.7 Å². The molecule has 0 unspecified atom stereocenters. The van der Waals surface area contributed by atoms with Crippen LogP contribution in [0, 0.1) is 0 Å². The first-order valence-electron chi connectivity index (χ1n) is 4.67. The highest BCUT2D eigenvalue weighted by Crippen LogP contribution is 2.17. The highest BCUT2D eigenvalue weighted by Gasteiger charge is 2.09. The van der Waals surface area contributed by atoms with Crippen molar-refractivity contribution in [3.8, 4) is 0 Å². The summed E-state index contributed by atoms with van der Waals surface area (Å²) in [5.74, 6) is 0. The van der Waals surface area contributed by atoms with Crippen molar-refractivity contribution < 1.29 is 0 Å². The third-order valence-corrected chi connectivity index (χ3v) is 2.42. The lowest BCUT2D eigenvalue weighted by atomic mass is 10.2. The molecule has 0 saturated heterocycles. The third kappa shape index (κ3) is 1.04. The highest BCUT2D eigenvalue weighted by molar-refractivity contribution is 5.76. The fourth-order valence-corrected chi connectivity index (χ4v) is 1.73. The van der Waals surface area contributed by atoms with Gasteiger partial charge in [-0.05, 0) is 17.7 Å². The minimum absolute atomic E-state index is 0.935. The first kappa shape index (κ1) is 7.70. The van der Waals surface area contributed by atoms with E-state index in [2.05, 4.69) is 33.0 Å². The number of hydrogen-bond donors (Lipinski definition) is 2. The van der Waals surface area contributed by atoms with Gasteiger partial charge in [-0.15, -0.1) is 0 Å². The van der Waals surface area contributed by atoms with Crippen LogP contribution in [0.3, 0.4) is 0 Å². The molecule has 70 valence electrons. The molecule has 1 aromatic rings. The average molecular weight is 186 g/mol. The van der Waals surface area contributed by atoms with Crippen LogP contribution in [-0.2, 0) is 0 Å². The summed E-state index contributed by atoms with van der Waals surface area (Å²) >= 11 is 0. The molecule has 3 rings (SSSR count). The smallest absolute Gasteiger partial charge is 0.117 e. The number of hydrazine groups is 1. The Morgan fingerprint density at radius 3 is 3.29 bits per heavy atom. The second-order valence-corrected chi connectivity index (χ2v) is 3.32. The number of rotatable bonds is 0. The largest absolute Gasteiger partial charge is 0.319 e. The molecule has 4 heteroatoms. The van der Waals surface area contributed by atoms with Crippen LogP contribution in [-0.4, -0.2) is 12.9 Å². The molecule has 4 nitrogen and oxygen atoms in total. The van der Waals surface area contributed by atoms with Gasteiger partial charge >= 0.3 is 0 Å². The van der Waals surface area contributed by atoms with Crippen LogP contribution in [0.2, 0.25) is 0 Å². The van der Waals surface area contributed by atoms with Crippen molar-refractivity contribution in [2.75, 3.05) is 12.0 Å². The molecule has 0 amide bonds. The van der Waals surface area contributed by atoms with E-state index < -0.39 is 0 Å². The van der Waals surface area contributed by atoms with E-state index in [1.54, 1.807) is 6.34 Å². The third-order valence-electron chi connectivity index (χ3n) is 2.42. The lowest BCUT2D eigenvalue weighted by Gasteiger charge is -2.06. The Bertz CT molecular complexity index is 516. The Labute approximate surface area is 81.1 Å². The van der Waals surface area contributed by atoms with Crippen LogP contribution in [0.1, 0.15) is 6.42 Å². The van der Waals surface area contributed by atoms with Gasteiger partial charge in [0.05, 0.1) is 11.0 Å². The number of nitrogens with zero attached hydrogens (tertiary/aromatic N) is 2. The molecule has 2 N–H and O–H groups in total.